The molecule has 1 atom stereocenters. The summed E-state index contributed by atoms with van der Waals surface area (Å²) in [6.07, 6.45) is -0.628. The van der Waals surface area contributed by atoms with Crippen molar-refractivity contribution in [3.63, 3.8) is 0 Å². The first-order valence-corrected chi connectivity index (χ1v) is 10.3. The molecule has 1 aromatic heterocycles. The average Bonchev–Trinajstić information content (AvgIpc) is 3.22. The second-order valence-corrected chi connectivity index (χ2v) is 7.64. The number of guanidine groups is 1. The molecule has 2 aromatic carbocycles. The fourth-order valence-electron chi connectivity index (χ4n) is 3.09. The van der Waals surface area contributed by atoms with Gasteiger partial charge in [-0.2, -0.15) is 0 Å². The molecule has 3 aromatic rings. The molecule has 0 spiro atoms. The molecule has 0 radical (unpaired) electrons. The van der Waals surface area contributed by atoms with E-state index >= 15 is 0 Å². The number of hydrogen-bond acceptors (Lipinski definition) is 6. The highest BCUT2D eigenvalue weighted by Crippen LogP contribution is 2.34. The molecule has 168 valence electrons. The molecule has 9 heteroatoms. The molecule has 0 aliphatic carbocycles. The highest BCUT2D eigenvalue weighted by atomic mass is 127. The van der Waals surface area contributed by atoms with Crippen LogP contribution in [0.2, 0.25) is 0 Å². The summed E-state index contributed by atoms with van der Waals surface area (Å²) in [7, 11) is 6.48. The minimum absolute atomic E-state index is 0. The zero-order valence-corrected chi connectivity index (χ0v) is 21.1. The van der Waals surface area contributed by atoms with Gasteiger partial charge in [-0.15, -0.1) is 35.3 Å². The third-order valence-electron chi connectivity index (χ3n) is 4.69. The molecule has 0 fully saturated rings. The number of aliphatic hydroxyl groups is 1. The van der Waals surface area contributed by atoms with Gasteiger partial charge < -0.3 is 30.0 Å². The van der Waals surface area contributed by atoms with Crippen LogP contribution in [-0.4, -0.2) is 46.0 Å². The Kier molecular flexibility index (Phi) is 9.66. The van der Waals surface area contributed by atoms with E-state index in [1.807, 2.05) is 30.3 Å². The summed E-state index contributed by atoms with van der Waals surface area (Å²) < 4.78 is 17.3. The highest BCUT2D eigenvalue weighted by molar-refractivity contribution is 14.0. The molecular formula is C22H28IN3O4S. The third kappa shape index (κ3) is 6.14. The van der Waals surface area contributed by atoms with Crippen LogP contribution >= 0.6 is 35.3 Å². The van der Waals surface area contributed by atoms with E-state index in [4.69, 9.17) is 14.2 Å². The van der Waals surface area contributed by atoms with E-state index < -0.39 is 6.10 Å². The maximum Gasteiger partial charge on any atom is 0.191 e. The maximum atomic E-state index is 10.6. The zero-order valence-electron chi connectivity index (χ0n) is 18.0. The zero-order chi connectivity index (χ0) is 21.5. The van der Waals surface area contributed by atoms with E-state index in [9.17, 15) is 5.11 Å². The summed E-state index contributed by atoms with van der Waals surface area (Å²) in [4.78, 5) is 5.15. The maximum absolute atomic E-state index is 10.6. The van der Waals surface area contributed by atoms with Crippen LogP contribution in [0.15, 0.2) is 47.5 Å². The van der Waals surface area contributed by atoms with Crippen LogP contribution < -0.4 is 24.8 Å². The van der Waals surface area contributed by atoms with Gasteiger partial charge in [-0.05, 0) is 23.6 Å². The molecule has 0 aliphatic rings. The van der Waals surface area contributed by atoms with Crippen LogP contribution in [0.3, 0.4) is 0 Å². The van der Waals surface area contributed by atoms with Gasteiger partial charge in [0.15, 0.2) is 17.5 Å². The molecule has 0 aliphatic heterocycles. The Morgan fingerprint density at radius 3 is 2.32 bits per heavy atom. The number of ether oxygens (including phenoxy) is 3. The molecule has 1 unspecified atom stereocenters. The van der Waals surface area contributed by atoms with Gasteiger partial charge in [-0.1, -0.05) is 18.2 Å². The summed E-state index contributed by atoms with van der Waals surface area (Å²) in [6, 6.07) is 13.8. The molecule has 3 N–H and O–H groups in total. The van der Waals surface area contributed by atoms with Crippen molar-refractivity contribution in [3.8, 4) is 17.2 Å². The van der Waals surface area contributed by atoms with Crippen molar-refractivity contribution >= 4 is 51.4 Å². The molecule has 0 amide bonds. The number of methoxy groups -OCH3 is 3. The second-order valence-electron chi connectivity index (χ2n) is 6.53. The van der Waals surface area contributed by atoms with Crippen LogP contribution in [0, 0.1) is 0 Å². The molecular weight excluding hydrogens is 529 g/mol. The molecule has 31 heavy (non-hydrogen) atoms. The Morgan fingerprint density at radius 2 is 1.68 bits per heavy atom. The smallest absolute Gasteiger partial charge is 0.191 e. The summed E-state index contributed by atoms with van der Waals surface area (Å²) in [5.41, 5.74) is 0.892. The SMILES string of the molecule is CN=C(NCc1cc(OC)c(OC)cc1OC)NCC(O)c1cc2ccccc2s1.I. The van der Waals surface area contributed by atoms with Crippen molar-refractivity contribution < 1.29 is 19.3 Å². The number of nitrogens with zero attached hydrogens (tertiary/aromatic N) is 1. The Hall–Kier alpha value is -2.24. The number of aliphatic imine (C=N–C) groups is 1. The van der Waals surface area contributed by atoms with Gasteiger partial charge >= 0.3 is 0 Å². The molecule has 3 rings (SSSR count). The number of rotatable bonds is 8. The van der Waals surface area contributed by atoms with Gasteiger partial charge in [0.25, 0.3) is 0 Å². The lowest BCUT2D eigenvalue weighted by atomic mass is 10.1. The predicted molar refractivity (Wildman–Crippen MR) is 136 cm³/mol. The number of fused-ring (bicyclic) bond motifs is 1. The van der Waals surface area contributed by atoms with E-state index in [1.54, 1.807) is 45.8 Å². The minimum atomic E-state index is -0.628. The Bertz CT molecular complexity index is 992. The van der Waals surface area contributed by atoms with E-state index in [-0.39, 0.29) is 24.0 Å². The normalized spacial score (nSPS) is 12.1. The van der Waals surface area contributed by atoms with Crippen molar-refractivity contribution in [2.45, 2.75) is 12.6 Å². The van der Waals surface area contributed by atoms with Crippen molar-refractivity contribution in [2.24, 2.45) is 4.99 Å². The molecule has 7 nitrogen and oxygen atoms in total. The third-order valence-corrected chi connectivity index (χ3v) is 5.91. The predicted octanol–water partition coefficient (Wildman–Crippen LogP) is 3.94. The van der Waals surface area contributed by atoms with Crippen LogP contribution in [0.25, 0.3) is 10.1 Å². The van der Waals surface area contributed by atoms with E-state index in [1.165, 1.54) is 0 Å². The number of hydrogen-bond donors (Lipinski definition) is 3. The summed E-state index contributed by atoms with van der Waals surface area (Å²) in [6.45, 7) is 0.803. The fraction of sp³-hybridized carbons (Fsp3) is 0.318. The van der Waals surface area contributed by atoms with Crippen molar-refractivity contribution in [3.05, 3.63) is 52.9 Å². The molecule has 0 saturated carbocycles. The Labute approximate surface area is 203 Å². The van der Waals surface area contributed by atoms with Crippen LogP contribution in [0.1, 0.15) is 16.5 Å². The van der Waals surface area contributed by atoms with Crippen LogP contribution in [-0.2, 0) is 6.54 Å². The van der Waals surface area contributed by atoms with E-state index in [2.05, 4.69) is 21.7 Å². The molecule has 0 bridgehead atoms. The van der Waals surface area contributed by atoms with E-state index in [0.717, 1.165) is 20.5 Å². The van der Waals surface area contributed by atoms with Gasteiger partial charge in [0.1, 0.15) is 11.9 Å². The topological polar surface area (TPSA) is 84.3 Å². The lowest BCUT2D eigenvalue weighted by molar-refractivity contribution is 0.184. The standard InChI is InChI=1S/C22H27N3O4S.HI/c1-23-22(24-12-15-9-18(28-3)19(29-4)11-17(15)27-2)25-13-16(26)21-10-14-7-5-6-8-20(14)30-21;/h5-11,16,26H,12-13H2,1-4H3,(H2,23,24,25);1H. The fourth-order valence-corrected chi connectivity index (χ4v) is 4.14. The van der Waals surface area contributed by atoms with Crippen molar-refractivity contribution in [1.82, 2.24) is 10.6 Å². The molecule has 1 heterocycles. The van der Waals surface area contributed by atoms with Crippen LogP contribution in [0.4, 0.5) is 0 Å². The van der Waals surface area contributed by atoms with E-state index in [0.29, 0.717) is 36.3 Å². The first-order chi connectivity index (χ1) is 14.6. The Balaban J connectivity index is 0.00000341. The largest absolute Gasteiger partial charge is 0.496 e. The number of thiophene rings is 1. The minimum Gasteiger partial charge on any atom is -0.496 e. The lowest BCUT2D eigenvalue weighted by Crippen LogP contribution is -2.39. The number of aliphatic hydroxyl groups excluding tert-OH is 1. The Morgan fingerprint density at radius 1 is 1.00 bits per heavy atom. The number of benzene rings is 2. The first kappa shape index (κ1) is 25.0. The van der Waals surface area contributed by atoms with Crippen molar-refractivity contribution in [2.75, 3.05) is 34.9 Å². The average molecular weight is 557 g/mol. The lowest BCUT2D eigenvalue weighted by Gasteiger charge is -2.17. The monoisotopic (exact) mass is 557 g/mol. The molecule has 0 saturated heterocycles. The summed E-state index contributed by atoms with van der Waals surface area (Å²) in [5.74, 6) is 2.48. The second kappa shape index (κ2) is 12.0. The summed E-state index contributed by atoms with van der Waals surface area (Å²) in [5, 5.41) is 18.1. The number of nitrogens with one attached hydrogen (secondary N) is 2. The highest BCUT2D eigenvalue weighted by Gasteiger charge is 2.14. The van der Waals surface area contributed by atoms with Crippen LogP contribution in [0.5, 0.6) is 17.2 Å². The van der Waals surface area contributed by atoms with Crippen molar-refractivity contribution in [1.29, 1.82) is 0 Å². The van der Waals surface area contributed by atoms with Gasteiger partial charge in [0, 0.05) is 41.3 Å². The van der Waals surface area contributed by atoms with Gasteiger partial charge in [-0.25, -0.2) is 0 Å². The quantitative estimate of drug-likeness (QED) is 0.221. The van der Waals surface area contributed by atoms with Gasteiger partial charge in [0.05, 0.1) is 21.3 Å². The first-order valence-electron chi connectivity index (χ1n) is 9.49. The number of halogens is 1. The van der Waals surface area contributed by atoms with Gasteiger partial charge in [0.2, 0.25) is 0 Å². The van der Waals surface area contributed by atoms with Gasteiger partial charge in [-0.3, -0.25) is 4.99 Å². The summed E-state index contributed by atoms with van der Waals surface area (Å²) >= 11 is 1.59.